The maximum Gasteiger partial charge on any atom is 0.195 e. The molecule has 0 aliphatic carbocycles. The topological polar surface area (TPSA) is 68.5 Å². The van der Waals surface area contributed by atoms with E-state index < -0.39 is 0 Å². The fourth-order valence-corrected chi connectivity index (χ4v) is 1.33. The molecule has 0 bridgehead atoms. The second-order valence-corrected chi connectivity index (χ2v) is 3.47. The first kappa shape index (κ1) is 14.0. The first-order chi connectivity index (χ1) is 8.71. The Hall–Kier alpha value is -2.06. The zero-order valence-corrected chi connectivity index (χ0v) is 10.4. The lowest BCUT2D eigenvalue weighted by Crippen LogP contribution is -2.16. The summed E-state index contributed by atoms with van der Waals surface area (Å²) in [6.45, 7) is 2.22. The Morgan fingerprint density at radius 2 is 2.06 bits per heavy atom. The number of rotatable bonds is 7. The Kier molecular flexibility index (Phi) is 5.68. The highest BCUT2D eigenvalue weighted by Crippen LogP contribution is 2.28. The van der Waals surface area contributed by atoms with Gasteiger partial charge in [-0.2, -0.15) is 5.26 Å². The van der Waals surface area contributed by atoms with Crippen LogP contribution in [0, 0.1) is 11.3 Å². The average Bonchev–Trinajstić information content (AvgIpc) is 2.38. The highest BCUT2D eigenvalue weighted by molar-refractivity contribution is 5.81. The van der Waals surface area contributed by atoms with Crippen LogP contribution < -0.4 is 9.47 Å². The molecule has 0 unspecified atom stereocenters. The SMILES string of the molecule is CCOc1cc(C#N)ccc1OCC(=O)COC. The van der Waals surface area contributed by atoms with Crippen molar-refractivity contribution in [2.24, 2.45) is 0 Å². The van der Waals surface area contributed by atoms with E-state index in [9.17, 15) is 4.79 Å². The number of nitriles is 1. The van der Waals surface area contributed by atoms with Gasteiger partial charge in [0.2, 0.25) is 0 Å². The van der Waals surface area contributed by atoms with E-state index in [0.29, 0.717) is 23.7 Å². The quantitative estimate of drug-likeness (QED) is 0.733. The van der Waals surface area contributed by atoms with Gasteiger partial charge in [-0.3, -0.25) is 4.79 Å². The summed E-state index contributed by atoms with van der Waals surface area (Å²) < 4.78 is 15.4. The first-order valence-electron chi connectivity index (χ1n) is 5.51. The van der Waals surface area contributed by atoms with Crippen molar-refractivity contribution in [3.8, 4) is 17.6 Å². The van der Waals surface area contributed by atoms with Gasteiger partial charge in [0.1, 0.15) is 13.2 Å². The van der Waals surface area contributed by atoms with Crippen molar-refractivity contribution >= 4 is 5.78 Å². The number of nitrogens with zero attached hydrogens (tertiary/aromatic N) is 1. The Bertz CT molecular complexity index is 451. The molecule has 0 aliphatic heterocycles. The summed E-state index contributed by atoms with van der Waals surface area (Å²) in [5.74, 6) is 0.742. The summed E-state index contributed by atoms with van der Waals surface area (Å²) >= 11 is 0. The molecule has 1 aromatic carbocycles. The Labute approximate surface area is 106 Å². The van der Waals surface area contributed by atoms with Crippen LogP contribution in [0.2, 0.25) is 0 Å². The second-order valence-electron chi connectivity index (χ2n) is 3.47. The minimum absolute atomic E-state index is 0.0141. The van der Waals surface area contributed by atoms with Crippen molar-refractivity contribution in [3.05, 3.63) is 23.8 Å². The summed E-state index contributed by atoms with van der Waals surface area (Å²) in [4.78, 5) is 11.3. The van der Waals surface area contributed by atoms with E-state index in [0.717, 1.165) is 0 Å². The summed E-state index contributed by atoms with van der Waals surface area (Å²) in [6, 6.07) is 6.82. The molecule has 5 heteroatoms. The number of methoxy groups -OCH3 is 1. The highest BCUT2D eigenvalue weighted by Gasteiger charge is 2.09. The van der Waals surface area contributed by atoms with Gasteiger partial charge in [0, 0.05) is 13.2 Å². The Morgan fingerprint density at radius 3 is 2.67 bits per heavy atom. The molecule has 0 N–H and O–H groups in total. The van der Waals surface area contributed by atoms with Gasteiger partial charge >= 0.3 is 0 Å². The summed E-state index contributed by atoms with van der Waals surface area (Å²) in [7, 11) is 1.45. The van der Waals surface area contributed by atoms with Gasteiger partial charge in [-0.15, -0.1) is 0 Å². The number of ether oxygens (including phenoxy) is 3. The van der Waals surface area contributed by atoms with Crippen LogP contribution in [0.4, 0.5) is 0 Å². The van der Waals surface area contributed by atoms with Crippen LogP contribution in [0.3, 0.4) is 0 Å². The smallest absolute Gasteiger partial charge is 0.195 e. The molecule has 0 atom stereocenters. The van der Waals surface area contributed by atoms with Gasteiger partial charge in [-0.05, 0) is 19.1 Å². The van der Waals surface area contributed by atoms with E-state index >= 15 is 0 Å². The van der Waals surface area contributed by atoms with Crippen LogP contribution in [-0.2, 0) is 9.53 Å². The molecule has 0 amide bonds. The van der Waals surface area contributed by atoms with Crippen LogP contribution in [-0.4, -0.2) is 32.7 Å². The number of benzene rings is 1. The molecule has 0 aliphatic rings. The largest absolute Gasteiger partial charge is 0.490 e. The minimum atomic E-state index is -0.163. The van der Waals surface area contributed by atoms with Crippen molar-refractivity contribution in [3.63, 3.8) is 0 Å². The molecule has 0 fully saturated rings. The molecule has 0 saturated heterocycles. The molecule has 18 heavy (non-hydrogen) atoms. The summed E-state index contributed by atoms with van der Waals surface area (Å²) in [6.07, 6.45) is 0. The van der Waals surface area contributed by atoms with Crippen molar-refractivity contribution in [2.45, 2.75) is 6.92 Å². The maximum atomic E-state index is 11.3. The molecule has 1 rings (SSSR count). The van der Waals surface area contributed by atoms with E-state index in [2.05, 4.69) is 0 Å². The van der Waals surface area contributed by atoms with Crippen LogP contribution in [0.15, 0.2) is 18.2 Å². The monoisotopic (exact) mass is 249 g/mol. The molecule has 5 nitrogen and oxygen atoms in total. The highest BCUT2D eigenvalue weighted by atomic mass is 16.5. The Balaban J connectivity index is 2.75. The van der Waals surface area contributed by atoms with Crippen molar-refractivity contribution in [2.75, 3.05) is 26.9 Å². The van der Waals surface area contributed by atoms with Crippen LogP contribution in [0.25, 0.3) is 0 Å². The lowest BCUT2D eigenvalue weighted by atomic mass is 10.2. The first-order valence-corrected chi connectivity index (χ1v) is 5.51. The summed E-state index contributed by atoms with van der Waals surface area (Å²) in [5, 5.41) is 8.79. The number of Topliss-reactive ketones (excluding diaryl/α,β-unsaturated/α-hetero) is 1. The van der Waals surface area contributed by atoms with Gasteiger partial charge in [0.05, 0.1) is 18.2 Å². The predicted molar refractivity (Wildman–Crippen MR) is 64.7 cm³/mol. The van der Waals surface area contributed by atoms with E-state index in [4.69, 9.17) is 19.5 Å². The molecule has 0 aromatic heterocycles. The number of ketones is 1. The van der Waals surface area contributed by atoms with E-state index in [1.54, 1.807) is 18.2 Å². The van der Waals surface area contributed by atoms with Gasteiger partial charge in [-0.25, -0.2) is 0 Å². The Morgan fingerprint density at radius 1 is 1.28 bits per heavy atom. The molecule has 0 radical (unpaired) electrons. The second kappa shape index (κ2) is 7.30. The molecule has 0 saturated carbocycles. The third kappa shape index (κ3) is 4.07. The van der Waals surface area contributed by atoms with Crippen molar-refractivity contribution < 1.29 is 19.0 Å². The third-order valence-electron chi connectivity index (χ3n) is 2.07. The molecule has 1 aromatic rings. The fraction of sp³-hybridized carbons (Fsp3) is 0.385. The fourth-order valence-electron chi connectivity index (χ4n) is 1.33. The predicted octanol–water partition coefficient (Wildman–Crippen LogP) is 1.55. The lowest BCUT2D eigenvalue weighted by molar-refractivity contribution is -0.124. The summed E-state index contributed by atoms with van der Waals surface area (Å²) in [5.41, 5.74) is 0.481. The normalized spacial score (nSPS) is 9.61. The van der Waals surface area contributed by atoms with Gasteiger partial charge in [-0.1, -0.05) is 0 Å². The molecule has 96 valence electrons. The number of hydrogen-bond acceptors (Lipinski definition) is 5. The zero-order chi connectivity index (χ0) is 13.4. The standard InChI is InChI=1S/C13H15NO4/c1-3-17-13-6-10(7-14)4-5-12(13)18-9-11(15)8-16-2/h4-6H,3,8-9H2,1-2H3. The minimum Gasteiger partial charge on any atom is -0.490 e. The van der Waals surface area contributed by atoms with Gasteiger partial charge in [0.15, 0.2) is 17.3 Å². The van der Waals surface area contributed by atoms with Gasteiger partial charge < -0.3 is 14.2 Å². The number of carbonyl (C=O) groups is 1. The number of carbonyl (C=O) groups excluding carboxylic acids is 1. The van der Waals surface area contributed by atoms with E-state index in [-0.39, 0.29) is 19.0 Å². The number of hydrogen-bond donors (Lipinski definition) is 0. The molecular formula is C13H15NO4. The third-order valence-corrected chi connectivity index (χ3v) is 2.07. The van der Waals surface area contributed by atoms with Crippen molar-refractivity contribution in [1.82, 2.24) is 0 Å². The molecular weight excluding hydrogens is 234 g/mol. The van der Waals surface area contributed by atoms with Crippen LogP contribution in [0.5, 0.6) is 11.5 Å². The maximum absolute atomic E-state index is 11.3. The van der Waals surface area contributed by atoms with E-state index in [1.165, 1.54) is 7.11 Å². The van der Waals surface area contributed by atoms with Gasteiger partial charge in [0.25, 0.3) is 0 Å². The lowest BCUT2D eigenvalue weighted by Gasteiger charge is -2.11. The van der Waals surface area contributed by atoms with Crippen LogP contribution >= 0.6 is 0 Å². The van der Waals surface area contributed by atoms with E-state index in [1.807, 2.05) is 13.0 Å². The van der Waals surface area contributed by atoms with Crippen LogP contribution in [0.1, 0.15) is 12.5 Å². The zero-order valence-electron chi connectivity index (χ0n) is 10.4. The molecule has 0 spiro atoms. The van der Waals surface area contributed by atoms with Crippen molar-refractivity contribution in [1.29, 1.82) is 5.26 Å². The average molecular weight is 249 g/mol. The molecule has 0 heterocycles.